The minimum absolute atomic E-state index is 0.106. The number of amidine groups is 1. The molecule has 162 valence electrons. The molecule has 1 aliphatic rings. The molecule has 0 unspecified atom stereocenters. The third kappa shape index (κ3) is 4.35. The van der Waals surface area contributed by atoms with Gasteiger partial charge >= 0.3 is 6.18 Å². The molecule has 3 rings (SSSR count). The van der Waals surface area contributed by atoms with Gasteiger partial charge in [-0.1, -0.05) is 13.0 Å². The van der Waals surface area contributed by atoms with Gasteiger partial charge in [0.15, 0.2) is 5.78 Å². The van der Waals surface area contributed by atoms with E-state index in [1.165, 1.54) is 44.3 Å². The Hall–Kier alpha value is -3.48. The maximum atomic E-state index is 14.7. The first-order chi connectivity index (χ1) is 14.5. The van der Waals surface area contributed by atoms with Crippen molar-refractivity contribution in [1.82, 2.24) is 4.98 Å². The number of pyridine rings is 1. The molecule has 2 heterocycles. The number of rotatable bonds is 4. The molecule has 10 heteroatoms. The normalized spacial score (nSPS) is 23.5. The third-order valence-electron chi connectivity index (χ3n) is 5.37. The molecule has 0 spiro atoms. The van der Waals surface area contributed by atoms with Crippen LogP contribution in [-0.2, 0) is 16.7 Å². The predicted molar refractivity (Wildman–Crippen MR) is 102 cm³/mol. The van der Waals surface area contributed by atoms with E-state index in [0.29, 0.717) is 5.56 Å². The minimum atomic E-state index is -4.73. The summed E-state index contributed by atoms with van der Waals surface area (Å²) < 4.78 is 59.6. The van der Waals surface area contributed by atoms with Crippen LogP contribution in [0.1, 0.15) is 41.0 Å². The lowest BCUT2D eigenvalue weighted by Crippen LogP contribution is -2.52. The molecular formula is C21H18F4N4O2. The van der Waals surface area contributed by atoms with E-state index in [9.17, 15) is 22.4 Å². The highest BCUT2D eigenvalue weighted by atomic mass is 19.4. The maximum Gasteiger partial charge on any atom is 0.425 e. The summed E-state index contributed by atoms with van der Waals surface area (Å²) >= 11 is 0. The topological polar surface area (TPSA) is 101 Å². The Bertz CT molecular complexity index is 1080. The summed E-state index contributed by atoms with van der Waals surface area (Å²) in [5, 5.41) is 8.81. The van der Waals surface area contributed by atoms with Crippen LogP contribution in [0.3, 0.4) is 0 Å². The van der Waals surface area contributed by atoms with Crippen molar-refractivity contribution in [3.8, 4) is 6.07 Å². The molecular weight excluding hydrogens is 416 g/mol. The molecule has 2 N–H and O–H groups in total. The lowest BCUT2D eigenvalue weighted by Gasteiger charge is -2.41. The number of aliphatic imine (C=N–C) groups is 1. The molecule has 6 nitrogen and oxygen atoms in total. The second-order valence-corrected chi connectivity index (χ2v) is 7.42. The van der Waals surface area contributed by atoms with E-state index in [0.717, 1.165) is 6.07 Å². The molecule has 0 aliphatic carbocycles. The highest BCUT2D eigenvalue weighted by Crippen LogP contribution is 2.45. The van der Waals surface area contributed by atoms with Crippen molar-refractivity contribution in [3.05, 3.63) is 64.7 Å². The minimum Gasteiger partial charge on any atom is -0.452 e. The molecule has 0 bridgehead atoms. The van der Waals surface area contributed by atoms with Gasteiger partial charge in [0.25, 0.3) is 6.02 Å². The number of aromatic nitrogens is 1. The van der Waals surface area contributed by atoms with Crippen molar-refractivity contribution >= 4 is 11.8 Å². The summed E-state index contributed by atoms with van der Waals surface area (Å²) in [6, 6.07) is 7.78. The first-order valence-electron chi connectivity index (χ1n) is 9.22. The summed E-state index contributed by atoms with van der Waals surface area (Å²) in [5.74, 6) is -2.47. The second kappa shape index (κ2) is 7.98. The van der Waals surface area contributed by atoms with Gasteiger partial charge in [-0.25, -0.2) is 9.38 Å². The Balaban J connectivity index is 1.95. The smallest absolute Gasteiger partial charge is 0.425 e. The van der Waals surface area contributed by atoms with Crippen LogP contribution in [0.2, 0.25) is 0 Å². The Kier molecular flexibility index (Phi) is 5.72. The van der Waals surface area contributed by atoms with E-state index in [1.807, 2.05) is 6.07 Å². The van der Waals surface area contributed by atoms with Crippen molar-refractivity contribution in [2.45, 2.75) is 38.1 Å². The van der Waals surface area contributed by atoms with Crippen molar-refractivity contribution in [2.24, 2.45) is 16.6 Å². The van der Waals surface area contributed by atoms with Crippen LogP contribution in [0.25, 0.3) is 0 Å². The molecule has 0 saturated carbocycles. The van der Waals surface area contributed by atoms with Crippen LogP contribution in [0.4, 0.5) is 17.6 Å². The zero-order valence-corrected chi connectivity index (χ0v) is 16.6. The Morgan fingerprint density at radius 3 is 2.61 bits per heavy atom. The van der Waals surface area contributed by atoms with Gasteiger partial charge in [0, 0.05) is 24.1 Å². The van der Waals surface area contributed by atoms with Crippen molar-refractivity contribution < 1.29 is 27.1 Å². The van der Waals surface area contributed by atoms with Crippen LogP contribution >= 0.6 is 0 Å². The number of halogens is 4. The summed E-state index contributed by atoms with van der Waals surface area (Å²) in [4.78, 5) is 20.4. The van der Waals surface area contributed by atoms with Gasteiger partial charge in [-0.2, -0.15) is 18.4 Å². The molecule has 0 amide bonds. The van der Waals surface area contributed by atoms with E-state index < -0.39 is 41.4 Å². The van der Waals surface area contributed by atoms with Gasteiger partial charge in [0.05, 0.1) is 11.1 Å². The highest BCUT2D eigenvalue weighted by molar-refractivity contribution is 5.95. The largest absolute Gasteiger partial charge is 0.452 e. The fourth-order valence-corrected chi connectivity index (χ4v) is 3.51. The predicted octanol–water partition coefficient (Wildman–Crippen LogP) is 3.64. The molecule has 31 heavy (non-hydrogen) atoms. The van der Waals surface area contributed by atoms with E-state index >= 15 is 0 Å². The number of nitrogens with two attached hydrogens (primary N) is 1. The highest BCUT2D eigenvalue weighted by Gasteiger charge is 2.55. The molecule has 1 aliphatic heterocycles. The first kappa shape index (κ1) is 22.2. The number of ketones is 1. The standard InChI is InChI=1S/C21H18F4N4O2/c1-11-18(21(23,24)25)31-19(27)29-20(11,2)14-7-12(3-5-15(14)22)8-17(30)16-6-4-13(9-26)10-28-16/h3-7,10-11,18H,8H2,1-2H3,(H2,27,29)/t11-,18-,20-/m0/s1. The number of carbonyl (C=O) groups excluding carboxylic acids is 1. The van der Waals surface area contributed by atoms with E-state index in [4.69, 9.17) is 11.0 Å². The zero-order chi connectivity index (χ0) is 23.0. The number of hydrogen-bond acceptors (Lipinski definition) is 6. The Morgan fingerprint density at radius 1 is 1.32 bits per heavy atom. The number of Topliss-reactive ketones (excluding diaryl/α,β-unsaturated/α-hetero) is 1. The number of hydrogen-bond donors (Lipinski definition) is 1. The average Bonchev–Trinajstić information content (AvgIpc) is 2.71. The number of benzene rings is 1. The number of alkyl halides is 3. The molecule has 0 saturated heterocycles. The number of ether oxygens (including phenoxy) is 1. The molecule has 1 aromatic carbocycles. The molecule has 1 aromatic heterocycles. The lowest BCUT2D eigenvalue weighted by molar-refractivity contribution is -0.223. The van der Waals surface area contributed by atoms with Crippen molar-refractivity contribution in [2.75, 3.05) is 0 Å². The van der Waals surface area contributed by atoms with Gasteiger partial charge in [-0.05, 0) is 36.8 Å². The van der Waals surface area contributed by atoms with Crippen LogP contribution in [0.15, 0.2) is 41.5 Å². The third-order valence-corrected chi connectivity index (χ3v) is 5.37. The van der Waals surface area contributed by atoms with Crippen LogP contribution in [-0.4, -0.2) is 29.1 Å². The van der Waals surface area contributed by atoms with Gasteiger partial charge in [-0.3, -0.25) is 9.78 Å². The molecule has 3 atom stereocenters. The summed E-state index contributed by atoms with van der Waals surface area (Å²) in [6.07, 6.45) is -5.91. The quantitative estimate of drug-likeness (QED) is 0.585. The SMILES string of the molecule is C[C@H]1[C@@H](C(F)(F)F)OC(N)=N[C@]1(C)c1cc(CC(=O)c2ccc(C#N)cn2)ccc1F. The van der Waals surface area contributed by atoms with Crippen LogP contribution < -0.4 is 5.73 Å². The summed E-state index contributed by atoms with van der Waals surface area (Å²) in [5.41, 5.74) is 4.45. The van der Waals surface area contributed by atoms with E-state index in [2.05, 4.69) is 14.7 Å². The maximum absolute atomic E-state index is 14.7. The Morgan fingerprint density at radius 2 is 2.03 bits per heavy atom. The van der Waals surface area contributed by atoms with Gasteiger partial charge in [0.1, 0.15) is 17.6 Å². The van der Waals surface area contributed by atoms with Gasteiger partial charge in [0.2, 0.25) is 6.10 Å². The summed E-state index contributed by atoms with van der Waals surface area (Å²) in [6.45, 7) is 2.60. The van der Waals surface area contributed by atoms with E-state index in [1.54, 1.807) is 0 Å². The molecule has 0 fully saturated rings. The van der Waals surface area contributed by atoms with Crippen molar-refractivity contribution in [3.63, 3.8) is 0 Å². The second-order valence-electron chi connectivity index (χ2n) is 7.42. The number of nitrogens with zero attached hydrogens (tertiary/aromatic N) is 3. The lowest BCUT2D eigenvalue weighted by atomic mass is 9.76. The molecule has 2 aromatic rings. The van der Waals surface area contributed by atoms with Crippen LogP contribution in [0, 0.1) is 23.1 Å². The fourth-order valence-electron chi connectivity index (χ4n) is 3.51. The number of carbonyl (C=O) groups is 1. The monoisotopic (exact) mass is 434 g/mol. The fraction of sp³-hybridized carbons (Fsp3) is 0.333. The summed E-state index contributed by atoms with van der Waals surface area (Å²) in [7, 11) is 0. The van der Waals surface area contributed by atoms with E-state index in [-0.39, 0.29) is 23.2 Å². The number of nitriles is 1. The average molecular weight is 434 g/mol. The van der Waals surface area contributed by atoms with Crippen LogP contribution in [0.5, 0.6) is 0 Å². The first-order valence-corrected chi connectivity index (χ1v) is 9.22. The zero-order valence-electron chi connectivity index (χ0n) is 16.6. The molecule has 0 radical (unpaired) electrons. The Labute approximate surface area is 175 Å². The van der Waals surface area contributed by atoms with Crippen molar-refractivity contribution in [1.29, 1.82) is 5.26 Å². The van der Waals surface area contributed by atoms with Gasteiger partial charge in [-0.15, -0.1) is 0 Å². The van der Waals surface area contributed by atoms with Gasteiger partial charge < -0.3 is 10.5 Å².